The lowest BCUT2D eigenvalue weighted by Gasteiger charge is -2.05. The van der Waals surface area contributed by atoms with Crippen molar-refractivity contribution in [2.75, 3.05) is 5.32 Å². The summed E-state index contributed by atoms with van der Waals surface area (Å²) in [5.41, 5.74) is 2.53. The molecule has 0 saturated carbocycles. The van der Waals surface area contributed by atoms with Crippen molar-refractivity contribution in [3.63, 3.8) is 0 Å². The topological polar surface area (TPSA) is 67.8 Å². The summed E-state index contributed by atoms with van der Waals surface area (Å²) in [5.74, 6) is 0.568. The van der Waals surface area contributed by atoms with Gasteiger partial charge in [-0.1, -0.05) is 42.5 Å². The van der Waals surface area contributed by atoms with E-state index in [4.69, 9.17) is 0 Å². The second-order valence-corrected chi connectivity index (χ2v) is 6.90. The van der Waals surface area contributed by atoms with Gasteiger partial charge in [0.05, 0.1) is 33.3 Å². The van der Waals surface area contributed by atoms with Crippen molar-refractivity contribution in [1.29, 1.82) is 0 Å². The zero-order valence-corrected chi connectivity index (χ0v) is 14.7. The molecule has 128 valence electrons. The molecule has 5 nitrogen and oxygen atoms in total. The second-order valence-electron chi connectivity index (χ2n) is 5.78. The number of hydrogen-bond acceptors (Lipinski definition) is 5. The molecule has 2 aromatic heterocycles. The van der Waals surface area contributed by atoms with Crippen molar-refractivity contribution in [2.24, 2.45) is 0 Å². The molecular weight excluding hydrogens is 344 g/mol. The van der Waals surface area contributed by atoms with Gasteiger partial charge in [0.2, 0.25) is 5.91 Å². The molecule has 0 unspecified atom stereocenters. The highest BCUT2D eigenvalue weighted by Crippen LogP contribution is 2.22. The maximum atomic E-state index is 12.2. The van der Waals surface area contributed by atoms with Gasteiger partial charge in [-0.2, -0.15) is 0 Å². The minimum absolute atomic E-state index is 0.0692. The quantitative estimate of drug-likeness (QED) is 0.575. The molecule has 4 rings (SSSR count). The van der Waals surface area contributed by atoms with Crippen molar-refractivity contribution in [3.8, 4) is 11.4 Å². The lowest BCUT2D eigenvalue weighted by atomic mass is 10.2. The van der Waals surface area contributed by atoms with E-state index in [9.17, 15) is 4.79 Å². The smallest absolute Gasteiger partial charge is 0.224 e. The molecule has 0 radical (unpaired) electrons. The van der Waals surface area contributed by atoms with Crippen LogP contribution in [0.1, 0.15) is 11.4 Å². The number of carbonyl (C=O) groups is 1. The number of thiazole rings is 1. The summed E-state index contributed by atoms with van der Waals surface area (Å²) in [6.45, 7) is 0. The van der Waals surface area contributed by atoms with Gasteiger partial charge < -0.3 is 5.32 Å². The molecule has 0 fully saturated rings. The first kappa shape index (κ1) is 16.4. The highest BCUT2D eigenvalue weighted by molar-refractivity contribution is 7.18. The summed E-state index contributed by atoms with van der Waals surface area (Å²) in [7, 11) is 0. The molecule has 0 atom stereocenters. The molecule has 0 spiro atoms. The number of aromatic nitrogens is 3. The number of benzene rings is 2. The summed E-state index contributed by atoms with van der Waals surface area (Å²) in [4.78, 5) is 25.3. The van der Waals surface area contributed by atoms with E-state index in [2.05, 4.69) is 20.3 Å². The molecule has 2 aromatic carbocycles. The fraction of sp³-hybridized carbons (Fsp3) is 0.100. The van der Waals surface area contributed by atoms with Crippen LogP contribution in [0.5, 0.6) is 0 Å². The number of nitrogens with one attached hydrogen (secondary N) is 1. The van der Waals surface area contributed by atoms with Gasteiger partial charge in [-0.3, -0.25) is 4.79 Å². The number of hydrogen-bond donors (Lipinski definition) is 1. The minimum Gasteiger partial charge on any atom is -0.323 e. The van der Waals surface area contributed by atoms with Crippen molar-refractivity contribution < 1.29 is 4.79 Å². The Kier molecular flexibility index (Phi) is 4.66. The fourth-order valence-electron chi connectivity index (χ4n) is 2.60. The fourth-order valence-corrected chi connectivity index (χ4v) is 3.57. The zero-order valence-electron chi connectivity index (χ0n) is 13.9. The Hall–Kier alpha value is -3.12. The normalized spacial score (nSPS) is 10.8. The van der Waals surface area contributed by atoms with Crippen molar-refractivity contribution in [2.45, 2.75) is 12.8 Å². The molecule has 4 aromatic rings. The van der Waals surface area contributed by atoms with Crippen LogP contribution in [0.2, 0.25) is 0 Å². The van der Waals surface area contributed by atoms with Gasteiger partial charge in [0.15, 0.2) is 5.82 Å². The zero-order chi connectivity index (χ0) is 17.8. The van der Waals surface area contributed by atoms with E-state index in [-0.39, 0.29) is 5.91 Å². The van der Waals surface area contributed by atoms with Crippen LogP contribution in [0.4, 0.5) is 5.69 Å². The number of rotatable bonds is 5. The number of nitrogens with zero attached hydrogens (tertiary/aromatic N) is 3. The van der Waals surface area contributed by atoms with Crippen molar-refractivity contribution >= 4 is 33.1 Å². The van der Waals surface area contributed by atoms with E-state index in [1.165, 1.54) is 0 Å². The van der Waals surface area contributed by atoms with Gasteiger partial charge in [-0.15, -0.1) is 11.3 Å². The molecule has 0 aliphatic rings. The average Bonchev–Trinajstić information content (AvgIpc) is 3.11. The SMILES string of the molecule is O=C(CCc1nc2ccccc2s1)Nc1cnc(-c2ccccc2)nc1. The number of para-hydroxylation sites is 1. The van der Waals surface area contributed by atoms with E-state index < -0.39 is 0 Å². The monoisotopic (exact) mass is 360 g/mol. The van der Waals surface area contributed by atoms with Gasteiger partial charge >= 0.3 is 0 Å². The summed E-state index contributed by atoms with van der Waals surface area (Å²) in [5, 5.41) is 3.81. The molecule has 2 heterocycles. The van der Waals surface area contributed by atoms with Crippen LogP contribution in [-0.4, -0.2) is 20.9 Å². The molecule has 0 aliphatic carbocycles. The molecule has 0 aliphatic heterocycles. The molecular formula is C20H16N4OS. The van der Waals surface area contributed by atoms with E-state index >= 15 is 0 Å². The highest BCUT2D eigenvalue weighted by Gasteiger charge is 2.08. The first-order chi connectivity index (χ1) is 12.8. The van der Waals surface area contributed by atoms with Gasteiger partial charge in [-0.25, -0.2) is 15.0 Å². The van der Waals surface area contributed by atoms with Crippen LogP contribution in [0.15, 0.2) is 67.0 Å². The third kappa shape index (κ3) is 3.75. The highest BCUT2D eigenvalue weighted by atomic mass is 32.1. The molecule has 6 heteroatoms. The van der Waals surface area contributed by atoms with Crippen LogP contribution in [-0.2, 0) is 11.2 Å². The van der Waals surface area contributed by atoms with E-state index in [1.807, 2.05) is 54.6 Å². The Bertz CT molecular complexity index is 996. The summed E-state index contributed by atoms with van der Waals surface area (Å²) >= 11 is 1.63. The van der Waals surface area contributed by atoms with Gasteiger partial charge in [0.1, 0.15) is 0 Å². The summed E-state index contributed by atoms with van der Waals surface area (Å²) in [6.07, 6.45) is 4.25. The maximum Gasteiger partial charge on any atom is 0.224 e. The second kappa shape index (κ2) is 7.41. The first-order valence-corrected chi connectivity index (χ1v) is 9.11. The average molecular weight is 360 g/mol. The van der Waals surface area contributed by atoms with Gasteiger partial charge in [0.25, 0.3) is 0 Å². The molecule has 0 saturated heterocycles. The number of carbonyl (C=O) groups excluding carboxylic acids is 1. The number of aryl methyl sites for hydroxylation is 1. The number of anilines is 1. The Morgan fingerprint density at radius 1 is 0.962 bits per heavy atom. The van der Waals surface area contributed by atoms with Crippen LogP contribution in [0.25, 0.3) is 21.6 Å². The predicted molar refractivity (Wildman–Crippen MR) is 104 cm³/mol. The molecule has 26 heavy (non-hydrogen) atoms. The largest absolute Gasteiger partial charge is 0.323 e. The van der Waals surface area contributed by atoms with E-state index in [1.54, 1.807) is 23.7 Å². The molecule has 0 bridgehead atoms. The number of amides is 1. The van der Waals surface area contributed by atoms with Crippen molar-refractivity contribution in [1.82, 2.24) is 15.0 Å². The third-order valence-electron chi connectivity index (χ3n) is 3.87. The minimum atomic E-state index is -0.0692. The Labute approximate surface area is 154 Å². The lowest BCUT2D eigenvalue weighted by Crippen LogP contribution is -2.12. The summed E-state index contributed by atoms with van der Waals surface area (Å²) < 4.78 is 1.15. The van der Waals surface area contributed by atoms with Gasteiger partial charge in [0, 0.05) is 18.4 Å². The predicted octanol–water partition coefficient (Wildman–Crippen LogP) is 4.32. The Balaban J connectivity index is 1.35. The third-order valence-corrected chi connectivity index (χ3v) is 4.97. The Morgan fingerprint density at radius 3 is 2.46 bits per heavy atom. The van der Waals surface area contributed by atoms with Crippen LogP contribution < -0.4 is 5.32 Å². The van der Waals surface area contributed by atoms with Gasteiger partial charge in [-0.05, 0) is 12.1 Å². The number of fused-ring (bicyclic) bond motifs is 1. The molecule has 1 N–H and O–H groups in total. The van der Waals surface area contributed by atoms with E-state index in [0.717, 1.165) is 20.8 Å². The van der Waals surface area contributed by atoms with Crippen LogP contribution in [0.3, 0.4) is 0 Å². The summed E-state index contributed by atoms with van der Waals surface area (Å²) in [6, 6.07) is 17.7. The Morgan fingerprint density at radius 2 is 1.69 bits per heavy atom. The van der Waals surface area contributed by atoms with E-state index in [0.29, 0.717) is 24.4 Å². The maximum absolute atomic E-state index is 12.2. The lowest BCUT2D eigenvalue weighted by molar-refractivity contribution is -0.116. The first-order valence-electron chi connectivity index (χ1n) is 8.30. The van der Waals surface area contributed by atoms with Crippen molar-refractivity contribution in [3.05, 3.63) is 72.0 Å². The standard InChI is InChI=1S/C20H16N4OS/c25-18(10-11-19-24-16-8-4-5-9-17(16)26-19)23-15-12-21-20(22-13-15)14-6-2-1-3-7-14/h1-9,12-13H,10-11H2,(H,23,25). The van der Waals surface area contributed by atoms with Crippen LogP contribution >= 0.6 is 11.3 Å². The molecule has 1 amide bonds. The van der Waals surface area contributed by atoms with Crippen LogP contribution in [0, 0.1) is 0 Å².